The van der Waals surface area contributed by atoms with Crippen molar-refractivity contribution < 1.29 is 37.9 Å². The van der Waals surface area contributed by atoms with Crippen LogP contribution >= 0.6 is 7.82 Å². The molecule has 0 heterocycles. The highest BCUT2D eigenvalue weighted by Gasteiger charge is 2.22. The van der Waals surface area contributed by atoms with Crippen LogP contribution in [0.2, 0.25) is 0 Å². The van der Waals surface area contributed by atoms with E-state index in [4.69, 9.17) is 19.3 Å². The van der Waals surface area contributed by atoms with E-state index >= 15 is 0 Å². The van der Waals surface area contributed by atoms with Crippen molar-refractivity contribution in [2.24, 2.45) is 0 Å². The van der Waals surface area contributed by atoms with E-state index in [9.17, 15) is 14.2 Å². The van der Waals surface area contributed by atoms with Crippen LogP contribution in [0.4, 0.5) is 0 Å². The van der Waals surface area contributed by atoms with Gasteiger partial charge in [-0.2, -0.15) is 0 Å². The van der Waals surface area contributed by atoms with Crippen LogP contribution in [-0.2, 0) is 28.2 Å². The Morgan fingerprint density at radius 3 is 1.55 bits per heavy atom. The largest absolute Gasteiger partial charge is 0.469 e. The molecule has 9 heteroatoms. The lowest BCUT2D eigenvalue weighted by Gasteiger charge is -2.18. The van der Waals surface area contributed by atoms with Crippen molar-refractivity contribution >= 4 is 19.8 Å². The van der Waals surface area contributed by atoms with Crippen LogP contribution in [0.3, 0.4) is 0 Å². The number of carbonyl (C=O) groups is 2. The number of unbranched alkanes of at least 4 members (excludes halogenated alkanes) is 18. The van der Waals surface area contributed by atoms with Crippen molar-refractivity contribution in [1.82, 2.24) is 0 Å². The van der Waals surface area contributed by atoms with Crippen LogP contribution in [0.5, 0.6) is 0 Å². The van der Waals surface area contributed by atoms with E-state index in [1.165, 1.54) is 77.0 Å². The Hall–Kier alpha value is -1.47. The van der Waals surface area contributed by atoms with Gasteiger partial charge in [0, 0.05) is 12.8 Å². The summed E-state index contributed by atoms with van der Waals surface area (Å²) in [6, 6.07) is 0. The van der Waals surface area contributed by atoms with Crippen LogP contribution in [0.25, 0.3) is 0 Å². The van der Waals surface area contributed by atoms with Gasteiger partial charge in [0.15, 0.2) is 6.10 Å². The molecule has 0 rings (SSSR count). The molecule has 0 saturated carbocycles. The van der Waals surface area contributed by atoms with Gasteiger partial charge in [-0.05, 0) is 44.9 Å². The summed E-state index contributed by atoms with van der Waals surface area (Å²) in [5, 5.41) is 0. The molecule has 0 radical (unpaired) electrons. The lowest BCUT2D eigenvalue weighted by Crippen LogP contribution is -2.29. The van der Waals surface area contributed by atoms with E-state index in [0.29, 0.717) is 6.42 Å². The minimum atomic E-state index is -4.75. The van der Waals surface area contributed by atoms with Gasteiger partial charge >= 0.3 is 19.8 Å². The third-order valence-electron chi connectivity index (χ3n) is 7.47. The first-order chi connectivity index (χ1) is 21.3. The molecular formula is C35H65O8P. The molecule has 0 spiro atoms. The molecule has 0 aliphatic carbocycles. The fourth-order valence-corrected chi connectivity index (χ4v) is 5.17. The summed E-state index contributed by atoms with van der Waals surface area (Å²) in [5.41, 5.74) is 0. The number of hydrogen-bond acceptors (Lipinski definition) is 6. The Labute approximate surface area is 269 Å². The van der Waals surface area contributed by atoms with Gasteiger partial charge in [0.2, 0.25) is 0 Å². The summed E-state index contributed by atoms with van der Waals surface area (Å²) >= 11 is 0. The van der Waals surface area contributed by atoms with Crippen molar-refractivity contribution in [3.63, 3.8) is 0 Å². The summed E-state index contributed by atoms with van der Waals surface area (Å²) in [7, 11) is -4.75. The number of allylic oxidation sites excluding steroid dienone is 4. The Morgan fingerprint density at radius 1 is 0.591 bits per heavy atom. The molecule has 2 N–H and O–H groups in total. The lowest BCUT2D eigenvalue weighted by molar-refractivity contribution is -0.161. The minimum absolute atomic E-state index is 0.198. The molecule has 0 aromatic heterocycles. The Balaban J connectivity index is 4.02. The van der Waals surface area contributed by atoms with Gasteiger partial charge in [-0.3, -0.25) is 14.1 Å². The first kappa shape index (κ1) is 42.5. The number of rotatable bonds is 32. The zero-order valence-electron chi connectivity index (χ0n) is 28.1. The van der Waals surface area contributed by atoms with Gasteiger partial charge in [0.25, 0.3) is 0 Å². The number of carbonyl (C=O) groups excluding carboxylic acids is 2. The van der Waals surface area contributed by atoms with Gasteiger partial charge in [-0.1, -0.05) is 134 Å². The van der Waals surface area contributed by atoms with E-state index in [1.807, 2.05) is 0 Å². The summed E-state index contributed by atoms with van der Waals surface area (Å²) in [6.07, 6.45) is 33.2. The van der Waals surface area contributed by atoms with E-state index in [-0.39, 0.29) is 19.4 Å². The monoisotopic (exact) mass is 644 g/mol. The number of phosphoric acid groups is 1. The van der Waals surface area contributed by atoms with Crippen LogP contribution < -0.4 is 0 Å². The summed E-state index contributed by atoms with van der Waals surface area (Å²) in [4.78, 5) is 42.5. The molecule has 0 aromatic rings. The quantitative estimate of drug-likeness (QED) is 0.0321. The van der Waals surface area contributed by atoms with Gasteiger partial charge in [0.1, 0.15) is 6.61 Å². The molecule has 8 nitrogen and oxygen atoms in total. The predicted octanol–water partition coefficient (Wildman–Crippen LogP) is 10.1. The molecule has 0 aliphatic rings. The third-order valence-corrected chi connectivity index (χ3v) is 7.96. The molecule has 258 valence electrons. The van der Waals surface area contributed by atoms with E-state index in [1.54, 1.807) is 0 Å². The molecule has 0 bridgehead atoms. The zero-order valence-corrected chi connectivity index (χ0v) is 29.0. The third kappa shape index (κ3) is 33.4. The van der Waals surface area contributed by atoms with Gasteiger partial charge < -0.3 is 19.3 Å². The number of ether oxygens (including phenoxy) is 2. The van der Waals surface area contributed by atoms with Crippen molar-refractivity contribution in [3.05, 3.63) is 24.3 Å². The van der Waals surface area contributed by atoms with Crippen molar-refractivity contribution in [2.75, 3.05) is 13.2 Å². The standard InChI is InChI=1S/C35H65O8P/c1-3-5-7-9-11-13-15-16-17-18-20-22-24-26-28-30-35(37)43-33(32-42-44(38,39)40)31-41-34(36)29-27-25-23-21-19-14-12-10-8-6-4-2/h11,13,16-17,33H,3-10,12,14-15,18-32H2,1-2H3,(H2,38,39,40)/b13-11-,17-16-/t33-/m1/s1. The SMILES string of the molecule is CCCCC/C=C\C/C=C\CCCCCCCC(=O)O[C@H](COC(=O)CCCCCCCCCCCCC)COP(=O)(O)O. The summed E-state index contributed by atoms with van der Waals surface area (Å²) in [6.45, 7) is 3.62. The molecule has 0 aliphatic heterocycles. The first-order valence-corrected chi connectivity index (χ1v) is 19.2. The normalized spacial score (nSPS) is 12.7. The summed E-state index contributed by atoms with van der Waals surface area (Å²) < 4.78 is 26.2. The van der Waals surface area contributed by atoms with E-state index in [0.717, 1.165) is 57.8 Å². The predicted molar refractivity (Wildman–Crippen MR) is 179 cm³/mol. The maximum Gasteiger partial charge on any atom is 0.469 e. The van der Waals surface area contributed by atoms with E-state index in [2.05, 4.69) is 42.7 Å². The maximum atomic E-state index is 12.3. The second-order valence-corrected chi connectivity index (χ2v) is 13.1. The Kier molecular flexibility index (Phi) is 30.5. The number of esters is 2. The van der Waals surface area contributed by atoms with Crippen LogP contribution in [0, 0.1) is 0 Å². The molecule has 0 amide bonds. The molecular weight excluding hydrogens is 579 g/mol. The molecule has 0 fully saturated rings. The highest BCUT2D eigenvalue weighted by molar-refractivity contribution is 7.46. The molecule has 0 saturated heterocycles. The van der Waals surface area contributed by atoms with Crippen LogP contribution in [0.1, 0.15) is 168 Å². The highest BCUT2D eigenvalue weighted by Crippen LogP contribution is 2.36. The lowest BCUT2D eigenvalue weighted by atomic mass is 10.1. The Bertz CT molecular complexity index is 777. The molecule has 1 atom stereocenters. The average Bonchev–Trinajstić information content (AvgIpc) is 2.98. The fraction of sp³-hybridized carbons (Fsp3) is 0.829. The van der Waals surface area contributed by atoms with Gasteiger partial charge in [-0.15, -0.1) is 0 Å². The van der Waals surface area contributed by atoms with Crippen molar-refractivity contribution in [3.8, 4) is 0 Å². The fourth-order valence-electron chi connectivity index (χ4n) is 4.81. The topological polar surface area (TPSA) is 119 Å². The average molecular weight is 645 g/mol. The summed E-state index contributed by atoms with van der Waals surface area (Å²) in [5.74, 6) is -0.900. The van der Waals surface area contributed by atoms with Crippen molar-refractivity contribution in [2.45, 2.75) is 174 Å². The van der Waals surface area contributed by atoms with Crippen LogP contribution in [-0.4, -0.2) is 41.0 Å². The first-order valence-electron chi connectivity index (χ1n) is 17.6. The number of phosphoric ester groups is 1. The second-order valence-electron chi connectivity index (χ2n) is 11.8. The second kappa shape index (κ2) is 31.5. The number of hydrogen-bond donors (Lipinski definition) is 2. The molecule has 0 unspecified atom stereocenters. The van der Waals surface area contributed by atoms with E-state index < -0.39 is 32.5 Å². The maximum absolute atomic E-state index is 12.3. The molecule has 44 heavy (non-hydrogen) atoms. The van der Waals surface area contributed by atoms with Crippen molar-refractivity contribution in [1.29, 1.82) is 0 Å². The minimum Gasteiger partial charge on any atom is -0.462 e. The van der Waals surface area contributed by atoms with Crippen LogP contribution in [0.15, 0.2) is 24.3 Å². The van der Waals surface area contributed by atoms with Gasteiger partial charge in [-0.25, -0.2) is 4.57 Å². The van der Waals surface area contributed by atoms with Gasteiger partial charge in [0.05, 0.1) is 6.61 Å². The smallest absolute Gasteiger partial charge is 0.462 e. The zero-order chi connectivity index (χ0) is 32.6. The Morgan fingerprint density at radius 2 is 1.02 bits per heavy atom. The molecule has 0 aromatic carbocycles. The highest BCUT2D eigenvalue weighted by atomic mass is 31.2.